The van der Waals surface area contributed by atoms with Gasteiger partial charge < -0.3 is 14.7 Å². The molecule has 0 aliphatic heterocycles. The summed E-state index contributed by atoms with van der Waals surface area (Å²) < 4.78 is 32.8. The number of hydrogen-bond acceptors (Lipinski definition) is 6. The van der Waals surface area contributed by atoms with Crippen LogP contribution in [0.15, 0.2) is 29.2 Å². The molecule has 19 heavy (non-hydrogen) atoms. The molecule has 0 bridgehead atoms. The average Bonchev–Trinajstić information content (AvgIpc) is 2.35. The molecule has 1 aromatic carbocycles. The van der Waals surface area contributed by atoms with Crippen molar-refractivity contribution >= 4 is 16.1 Å². The van der Waals surface area contributed by atoms with Gasteiger partial charge in [0.1, 0.15) is 10.9 Å². The summed E-state index contributed by atoms with van der Waals surface area (Å²) in [6.45, 7) is 2.07. The molecule has 1 aromatic rings. The molecule has 0 aliphatic carbocycles. The zero-order valence-electron chi connectivity index (χ0n) is 10.8. The van der Waals surface area contributed by atoms with E-state index in [1.165, 1.54) is 19.2 Å². The van der Waals surface area contributed by atoms with E-state index in [9.17, 15) is 13.2 Å². The Morgan fingerprint density at radius 1 is 1.32 bits per heavy atom. The van der Waals surface area contributed by atoms with Gasteiger partial charge >= 0.3 is 16.1 Å². The molecule has 1 rings (SSSR count). The Morgan fingerprint density at radius 2 is 1.89 bits per heavy atom. The Labute approximate surface area is 112 Å². The second-order valence-electron chi connectivity index (χ2n) is 4.06. The summed E-state index contributed by atoms with van der Waals surface area (Å²) in [4.78, 5) is 11.4. The smallest absolute Gasteiger partial charge is 0.341 e. The monoisotopic (exact) mass is 287 g/mol. The van der Waals surface area contributed by atoms with Crippen LogP contribution in [0.4, 0.5) is 0 Å². The first-order valence-corrected chi connectivity index (χ1v) is 7.07. The summed E-state index contributed by atoms with van der Waals surface area (Å²) in [6, 6.07) is 4.95. The van der Waals surface area contributed by atoms with Gasteiger partial charge in [0.05, 0.1) is 0 Å². The van der Waals surface area contributed by atoms with Crippen molar-refractivity contribution in [3.63, 3.8) is 0 Å². The fraction of sp³-hybridized carbons (Fsp3) is 0.417. The topological polar surface area (TPSA) is 95.7 Å². The Hall–Kier alpha value is -1.44. The summed E-state index contributed by atoms with van der Waals surface area (Å²) >= 11 is 0. The minimum Gasteiger partial charge on any atom is -0.385 e. The molecule has 0 heterocycles. The lowest BCUT2D eigenvalue weighted by molar-refractivity contribution is -0.135. The second-order valence-corrected chi connectivity index (χ2v) is 5.60. The Balaban J connectivity index is 2.74. The van der Waals surface area contributed by atoms with Crippen molar-refractivity contribution < 1.29 is 22.1 Å². The highest BCUT2D eigenvalue weighted by molar-refractivity contribution is 7.87. The van der Waals surface area contributed by atoms with E-state index < -0.39 is 22.1 Å². The van der Waals surface area contributed by atoms with Gasteiger partial charge in [-0.3, -0.25) is 0 Å². The van der Waals surface area contributed by atoms with Crippen LogP contribution < -0.4 is 5.73 Å². The molecule has 0 saturated heterocycles. The maximum atomic E-state index is 11.8. The third-order valence-corrected chi connectivity index (χ3v) is 3.67. The lowest BCUT2D eigenvalue weighted by Crippen LogP contribution is -2.34. The summed E-state index contributed by atoms with van der Waals surface area (Å²) in [5.74, 6) is -0.988. The number of benzene rings is 1. The fourth-order valence-electron chi connectivity index (χ4n) is 1.29. The lowest BCUT2D eigenvalue weighted by atomic mass is 10.2. The highest BCUT2D eigenvalue weighted by Gasteiger charge is 2.24. The molecule has 0 aromatic heterocycles. The predicted octanol–water partition coefficient (Wildman–Crippen LogP) is 0.591. The Bertz CT molecular complexity index is 524. The molecule has 106 valence electrons. The van der Waals surface area contributed by atoms with Crippen LogP contribution in [0.3, 0.4) is 0 Å². The van der Waals surface area contributed by atoms with Crippen molar-refractivity contribution in [2.75, 3.05) is 13.7 Å². The Kier molecular flexibility index (Phi) is 5.46. The molecule has 0 spiro atoms. The van der Waals surface area contributed by atoms with E-state index in [2.05, 4.69) is 4.18 Å². The highest BCUT2D eigenvalue weighted by Crippen LogP contribution is 2.14. The van der Waals surface area contributed by atoms with Crippen molar-refractivity contribution in [1.29, 1.82) is 0 Å². The minimum atomic E-state index is -4.12. The van der Waals surface area contributed by atoms with Crippen LogP contribution in [0.5, 0.6) is 0 Å². The van der Waals surface area contributed by atoms with Crippen LogP contribution in [-0.2, 0) is 23.8 Å². The third kappa shape index (κ3) is 4.62. The molecular formula is C12H17NO5S. The zero-order valence-corrected chi connectivity index (χ0v) is 11.6. The quantitative estimate of drug-likeness (QED) is 0.769. The molecule has 1 unspecified atom stereocenters. The van der Waals surface area contributed by atoms with Crippen LogP contribution in [0.25, 0.3) is 0 Å². The Morgan fingerprint density at radius 3 is 2.42 bits per heavy atom. The largest absolute Gasteiger partial charge is 0.385 e. The number of carbonyl (C=O) groups excluding carboxylic acids is 1. The van der Waals surface area contributed by atoms with Gasteiger partial charge in [-0.1, -0.05) is 17.7 Å². The van der Waals surface area contributed by atoms with Gasteiger partial charge in [0.2, 0.25) is 0 Å². The number of rotatable bonds is 6. The predicted molar refractivity (Wildman–Crippen MR) is 68.9 cm³/mol. The third-order valence-electron chi connectivity index (χ3n) is 2.44. The van der Waals surface area contributed by atoms with E-state index in [0.29, 0.717) is 0 Å². The highest BCUT2D eigenvalue weighted by atomic mass is 32.2. The van der Waals surface area contributed by atoms with Crippen LogP contribution >= 0.6 is 0 Å². The van der Waals surface area contributed by atoms with Crippen LogP contribution in [0.1, 0.15) is 12.0 Å². The summed E-state index contributed by atoms with van der Waals surface area (Å²) in [5.41, 5.74) is 6.40. The normalized spacial score (nSPS) is 13.0. The van der Waals surface area contributed by atoms with Gasteiger partial charge in [-0.25, -0.2) is 4.79 Å². The van der Waals surface area contributed by atoms with Gasteiger partial charge in [0.15, 0.2) is 0 Å². The van der Waals surface area contributed by atoms with Crippen LogP contribution in [-0.4, -0.2) is 34.1 Å². The van der Waals surface area contributed by atoms with Gasteiger partial charge in [-0.15, -0.1) is 0 Å². The van der Waals surface area contributed by atoms with Crippen molar-refractivity contribution in [3.05, 3.63) is 29.8 Å². The van der Waals surface area contributed by atoms with Gasteiger partial charge in [0.25, 0.3) is 0 Å². The van der Waals surface area contributed by atoms with E-state index >= 15 is 0 Å². The molecule has 7 heteroatoms. The molecule has 0 radical (unpaired) electrons. The van der Waals surface area contributed by atoms with E-state index in [4.69, 9.17) is 10.5 Å². The van der Waals surface area contributed by atoms with Crippen molar-refractivity contribution in [1.82, 2.24) is 0 Å². The summed E-state index contributed by atoms with van der Waals surface area (Å²) in [7, 11) is -2.66. The molecule has 0 aliphatic rings. The number of hydrogen-bond donors (Lipinski definition) is 1. The molecule has 0 amide bonds. The first-order chi connectivity index (χ1) is 8.86. The summed E-state index contributed by atoms with van der Waals surface area (Å²) in [6.07, 6.45) is 0.193. The van der Waals surface area contributed by atoms with Gasteiger partial charge in [-0.05, 0) is 25.5 Å². The van der Waals surface area contributed by atoms with Crippen LogP contribution in [0, 0.1) is 6.92 Å². The molecule has 2 N–H and O–H groups in total. The molecule has 1 atom stereocenters. The summed E-state index contributed by atoms with van der Waals surface area (Å²) in [5, 5.41) is 0. The molecular weight excluding hydrogens is 270 g/mol. The number of methoxy groups -OCH3 is 1. The SMILES string of the molecule is COCCC(N)C(=O)OS(=O)(=O)c1ccc(C)cc1. The van der Waals surface area contributed by atoms with E-state index in [1.54, 1.807) is 12.1 Å². The van der Waals surface area contributed by atoms with Gasteiger partial charge in [0, 0.05) is 13.7 Å². The number of carbonyl (C=O) groups is 1. The molecule has 0 saturated carbocycles. The average molecular weight is 287 g/mol. The van der Waals surface area contributed by atoms with Crippen molar-refractivity contribution in [2.45, 2.75) is 24.3 Å². The van der Waals surface area contributed by atoms with Crippen molar-refractivity contribution in [3.8, 4) is 0 Å². The maximum absolute atomic E-state index is 11.8. The van der Waals surface area contributed by atoms with Gasteiger partial charge in [-0.2, -0.15) is 8.42 Å². The standard InChI is InChI=1S/C12H17NO5S/c1-9-3-5-10(6-4-9)19(15,16)18-12(14)11(13)7-8-17-2/h3-6,11H,7-8,13H2,1-2H3. The van der Waals surface area contributed by atoms with Crippen LogP contribution in [0.2, 0.25) is 0 Å². The van der Waals surface area contributed by atoms with E-state index in [1.807, 2.05) is 6.92 Å². The lowest BCUT2D eigenvalue weighted by Gasteiger charge is -2.11. The second kappa shape index (κ2) is 6.65. The zero-order chi connectivity index (χ0) is 14.5. The van der Waals surface area contributed by atoms with E-state index in [0.717, 1.165) is 5.56 Å². The molecule has 0 fully saturated rings. The van der Waals surface area contributed by atoms with E-state index in [-0.39, 0.29) is 17.9 Å². The molecule has 6 nitrogen and oxygen atoms in total. The number of nitrogens with two attached hydrogens (primary N) is 1. The maximum Gasteiger partial charge on any atom is 0.341 e. The van der Waals surface area contributed by atoms with Crippen molar-refractivity contribution in [2.24, 2.45) is 5.73 Å². The first-order valence-electron chi connectivity index (χ1n) is 5.66. The number of ether oxygens (including phenoxy) is 1. The first kappa shape index (κ1) is 15.6. The fourth-order valence-corrected chi connectivity index (χ4v) is 2.19. The minimum absolute atomic E-state index is 0.0783. The number of aryl methyl sites for hydroxylation is 1.